The lowest BCUT2D eigenvalue weighted by molar-refractivity contribution is -0.119. The zero-order valence-corrected chi connectivity index (χ0v) is 11.5. The molecular weight excluding hydrogens is 263 g/mol. The topological polar surface area (TPSA) is 33.2 Å². The second-order valence-corrected chi connectivity index (χ2v) is 5.18. The van der Waals surface area contributed by atoms with Gasteiger partial charge in [0.15, 0.2) is 5.78 Å². The molecule has 0 N–H and O–H groups in total. The van der Waals surface area contributed by atoms with E-state index in [4.69, 9.17) is 0 Å². The minimum absolute atomic E-state index is 0.00262. The molecule has 0 amide bonds. The molecule has 0 aliphatic heterocycles. The normalized spacial score (nSPS) is 10.9. The van der Waals surface area contributed by atoms with Crippen LogP contribution in [0.3, 0.4) is 0 Å². The van der Waals surface area contributed by atoms with Crippen LogP contribution in [0.25, 0.3) is 0 Å². The number of hydrogen-bond donors (Lipinski definition) is 0. The molecule has 0 unspecified atom stereocenters. The zero-order valence-electron chi connectivity index (χ0n) is 10.7. The Bertz CT molecular complexity index is 542. The van der Waals surface area contributed by atoms with E-state index in [0.29, 0.717) is 18.7 Å². The van der Waals surface area contributed by atoms with E-state index < -0.39 is 0 Å². The number of thiazole rings is 1. The number of aromatic nitrogens is 1. The molecule has 0 saturated heterocycles. The van der Waals surface area contributed by atoms with Gasteiger partial charge in [-0.3, -0.25) is 9.69 Å². The van der Waals surface area contributed by atoms with Crippen molar-refractivity contribution in [3.05, 3.63) is 52.2 Å². The van der Waals surface area contributed by atoms with E-state index >= 15 is 0 Å². The number of carbonyl (C=O) groups is 1. The van der Waals surface area contributed by atoms with Gasteiger partial charge in [0.1, 0.15) is 5.82 Å². The van der Waals surface area contributed by atoms with Gasteiger partial charge in [-0.2, -0.15) is 0 Å². The molecule has 0 aliphatic rings. The standard InChI is InChI=1S/C14H15FN2OS/c1-17(7-12-9-19-10-16-12)8-13(18)6-11-4-2-3-5-14(11)15/h2-5,9-10H,6-8H2,1H3. The predicted octanol–water partition coefficient (Wildman–Crippen LogP) is 2.53. The number of halogens is 1. The second kappa shape index (κ2) is 6.54. The Kier molecular flexibility index (Phi) is 4.76. The molecule has 2 aromatic rings. The third-order valence-electron chi connectivity index (χ3n) is 2.71. The van der Waals surface area contributed by atoms with Gasteiger partial charge in [0.25, 0.3) is 0 Å². The molecular formula is C14H15FN2OS. The van der Waals surface area contributed by atoms with Crippen molar-refractivity contribution in [2.24, 2.45) is 0 Å². The van der Waals surface area contributed by atoms with Gasteiger partial charge >= 0.3 is 0 Å². The van der Waals surface area contributed by atoms with Gasteiger partial charge in [0.2, 0.25) is 0 Å². The summed E-state index contributed by atoms with van der Waals surface area (Å²) in [4.78, 5) is 17.9. The minimum atomic E-state index is -0.321. The first kappa shape index (κ1) is 13.8. The molecule has 0 aliphatic carbocycles. The van der Waals surface area contributed by atoms with Crippen molar-refractivity contribution in [2.45, 2.75) is 13.0 Å². The maximum Gasteiger partial charge on any atom is 0.151 e. The van der Waals surface area contributed by atoms with Crippen LogP contribution >= 0.6 is 11.3 Å². The van der Waals surface area contributed by atoms with E-state index in [1.807, 2.05) is 17.3 Å². The van der Waals surface area contributed by atoms with Gasteiger partial charge in [-0.15, -0.1) is 11.3 Å². The van der Waals surface area contributed by atoms with Crippen LogP contribution in [0.15, 0.2) is 35.2 Å². The SMILES string of the molecule is CN(CC(=O)Cc1ccccc1F)Cc1cscn1. The number of hydrogen-bond acceptors (Lipinski definition) is 4. The van der Waals surface area contributed by atoms with Crippen LogP contribution in [0, 0.1) is 5.82 Å². The summed E-state index contributed by atoms with van der Waals surface area (Å²) < 4.78 is 13.4. The fourth-order valence-electron chi connectivity index (χ4n) is 1.86. The molecule has 2 rings (SSSR count). The summed E-state index contributed by atoms with van der Waals surface area (Å²) in [6.45, 7) is 0.929. The maximum absolute atomic E-state index is 13.4. The van der Waals surface area contributed by atoms with E-state index in [2.05, 4.69) is 4.98 Å². The average molecular weight is 278 g/mol. The highest BCUT2D eigenvalue weighted by Crippen LogP contribution is 2.08. The third-order valence-corrected chi connectivity index (χ3v) is 3.34. The van der Waals surface area contributed by atoms with E-state index in [-0.39, 0.29) is 18.0 Å². The zero-order chi connectivity index (χ0) is 13.7. The Morgan fingerprint density at radius 3 is 2.89 bits per heavy atom. The quantitative estimate of drug-likeness (QED) is 0.814. The number of benzene rings is 1. The molecule has 0 saturated carbocycles. The van der Waals surface area contributed by atoms with Crippen molar-refractivity contribution < 1.29 is 9.18 Å². The fraction of sp³-hybridized carbons (Fsp3) is 0.286. The van der Waals surface area contributed by atoms with Crippen LogP contribution in [-0.4, -0.2) is 29.3 Å². The monoisotopic (exact) mass is 278 g/mol. The van der Waals surface area contributed by atoms with Gasteiger partial charge in [0, 0.05) is 18.3 Å². The Balaban J connectivity index is 1.86. The van der Waals surface area contributed by atoms with Crippen LogP contribution in [0.1, 0.15) is 11.3 Å². The second-order valence-electron chi connectivity index (χ2n) is 4.46. The lowest BCUT2D eigenvalue weighted by Crippen LogP contribution is -2.26. The van der Waals surface area contributed by atoms with E-state index in [1.165, 1.54) is 17.4 Å². The number of carbonyl (C=O) groups excluding carboxylic acids is 1. The molecule has 0 spiro atoms. The van der Waals surface area contributed by atoms with Gasteiger partial charge in [-0.25, -0.2) is 9.37 Å². The molecule has 0 radical (unpaired) electrons. The van der Waals surface area contributed by atoms with Crippen LogP contribution in [-0.2, 0) is 17.8 Å². The van der Waals surface area contributed by atoms with Gasteiger partial charge < -0.3 is 0 Å². The van der Waals surface area contributed by atoms with Crippen molar-refractivity contribution in [3.8, 4) is 0 Å². The lowest BCUT2D eigenvalue weighted by atomic mass is 10.1. The molecule has 3 nitrogen and oxygen atoms in total. The molecule has 1 heterocycles. The number of ketones is 1. The van der Waals surface area contributed by atoms with Crippen molar-refractivity contribution in [3.63, 3.8) is 0 Å². The lowest BCUT2D eigenvalue weighted by Gasteiger charge is -2.14. The maximum atomic E-state index is 13.4. The largest absolute Gasteiger partial charge is 0.298 e. The van der Waals surface area contributed by atoms with Gasteiger partial charge in [-0.1, -0.05) is 18.2 Å². The summed E-state index contributed by atoms with van der Waals surface area (Å²) in [7, 11) is 1.86. The highest BCUT2D eigenvalue weighted by Gasteiger charge is 2.11. The number of Topliss-reactive ketones (excluding diaryl/α,β-unsaturated/α-hetero) is 1. The van der Waals surface area contributed by atoms with Crippen molar-refractivity contribution in [2.75, 3.05) is 13.6 Å². The summed E-state index contributed by atoms with van der Waals surface area (Å²) >= 11 is 1.53. The molecule has 19 heavy (non-hydrogen) atoms. The molecule has 1 aromatic carbocycles. The summed E-state index contributed by atoms with van der Waals surface area (Å²) in [5, 5.41) is 1.96. The predicted molar refractivity (Wildman–Crippen MR) is 73.6 cm³/mol. The summed E-state index contributed by atoms with van der Waals surface area (Å²) in [5.74, 6) is -0.319. The van der Waals surface area contributed by atoms with Gasteiger partial charge in [0.05, 0.1) is 17.7 Å². The summed E-state index contributed by atoms with van der Waals surface area (Å²) in [6.07, 6.45) is 0.133. The molecule has 100 valence electrons. The molecule has 0 bridgehead atoms. The highest BCUT2D eigenvalue weighted by molar-refractivity contribution is 7.07. The first-order valence-corrected chi connectivity index (χ1v) is 6.90. The molecule has 0 fully saturated rings. The minimum Gasteiger partial charge on any atom is -0.298 e. The Morgan fingerprint density at radius 2 is 2.21 bits per heavy atom. The Morgan fingerprint density at radius 1 is 1.42 bits per heavy atom. The summed E-state index contributed by atoms with van der Waals surface area (Å²) in [5.41, 5.74) is 3.17. The fourth-order valence-corrected chi connectivity index (χ4v) is 2.41. The number of nitrogens with zero attached hydrogens (tertiary/aromatic N) is 2. The Labute approximate surface area is 115 Å². The van der Waals surface area contributed by atoms with Gasteiger partial charge in [-0.05, 0) is 18.7 Å². The first-order chi connectivity index (χ1) is 9.15. The Hall–Kier alpha value is -1.59. The van der Waals surface area contributed by atoms with E-state index in [9.17, 15) is 9.18 Å². The van der Waals surface area contributed by atoms with Crippen molar-refractivity contribution >= 4 is 17.1 Å². The third kappa shape index (κ3) is 4.22. The molecule has 1 aromatic heterocycles. The molecule has 5 heteroatoms. The molecule has 0 atom stereocenters. The smallest absolute Gasteiger partial charge is 0.151 e. The average Bonchev–Trinajstić information content (AvgIpc) is 2.84. The number of rotatable bonds is 6. The van der Waals surface area contributed by atoms with Crippen molar-refractivity contribution in [1.82, 2.24) is 9.88 Å². The number of likely N-dealkylation sites (N-methyl/N-ethyl adjacent to an activating group) is 1. The van der Waals surface area contributed by atoms with E-state index in [1.54, 1.807) is 23.7 Å². The highest BCUT2D eigenvalue weighted by atomic mass is 32.1. The van der Waals surface area contributed by atoms with Crippen LogP contribution in [0.5, 0.6) is 0 Å². The van der Waals surface area contributed by atoms with Crippen LogP contribution < -0.4 is 0 Å². The first-order valence-electron chi connectivity index (χ1n) is 5.96. The van der Waals surface area contributed by atoms with Crippen LogP contribution in [0.4, 0.5) is 4.39 Å². The van der Waals surface area contributed by atoms with E-state index in [0.717, 1.165) is 5.69 Å². The van der Waals surface area contributed by atoms with Crippen molar-refractivity contribution in [1.29, 1.82) is 0 Å². The van der Waals surface area contributed by atoms with Crippen LogP contribution in [0.2, 0.25) is 0 Å². The summed E-state index contributed by atoms with van der Waals surface area (Å²) in [6, 6.07) is 6.39.